The van der Waals surface area contributed by atoms with Crippen LogP contribution in [0.1, 0.15) is 16.4 Å². The summed E-state index contributed by atoms with van der Waals surface area (Å²) < 4.78 is 12.2. The number of imide groups is 1. The van der Waals surface area contributed by atoms with Crippen LogP contribution in [0.5, 0.6) is 11.5 Å². The van der Waals surface area contributed by atoms with Crippen molar-refractivity contribution in [3.8, 4) is 11.5 Å². The molecule has 3 amide bonds. The van der Waals surface area contributed by atoms with E-state index in [0.29, 0.717) is 38.3 Å². The highest BCUT2D eigenvalue weighted by Crippen LogP contribution is 2.53. The van der Waals surface area contributed by atoms with Gasteiger partial charge >= 0.3 is 4.87 Å². The second-order valence-corrected chi connectivity index (χ2v) is 12.4. The van der Waals surface area contributed by atoms with E-state index in [4.69, 9.17) is 9.47 Å². The molecular weight excluding hydrogens is 630 g/mol. The minimum absolute atomic E-state index is 0.242. The first-order chi connectivity index (χ1) is 19.8. The van der Waals surface area contributed by atoms with Crippen LogP contribution in [0.25, 0.3) is 0 Å². The maximum Gasteiger partial charge on any atom is 0.305 e. The van der Waals surface area contributed by atoms with Crippen molar-refractivity contribution < 1.29 is 23.9 Å². The van der Waals surface area contributed by atoms with Crippen LogP contribution in [0.15, 0.2) is 87.1 Å². The Morgan fingerprint density at radius 1 is 1.00 bits per heavy atom. The normalized spacial score (nSPS) is 19.5. The zero-order valence-electron chi connectivity index (χ0n) is 21.5. The van der Waals surface area contributed by atoms with Crippen LogP contribution in [0, 0.1) is 5.92 Å². The highest BCUT2D eigenvalue weighted by Gasteiger charge is 2.56. The highest BCUT2D eigenvalue weighted by atomic mass is 79.9. The number of H-pyrrole nitrogens is 1. The third-order valence-corrected chi connectivity index (χ3v) is 9.80. The molecule has 0 bridgehead atoms. The fraction of sp³-hybridized carbons (Fsp3) is 0.172. The SMILES string of the molecule is COc1cc([C@@H]2c3sc(=O)[nH]c3S[C@H]3C(=O)N(c4ccc(Br)cc4)C(=O)[C@@H]23)ccc1OCC(=O)Nc1ccccc1. The number of rotatable bonds is 7. The standard InChI is InChI=1S/C29H22BrN3O6S2/c1-38-20-13-15(7-12-19(20)39-14-21(34)31-17-5-3-2-4-6-17)22-23-25(40-26-24(22)41-29(37)32-26)28(36)33(27(23)35)18-10-8-16(30)9-11-18/h2-13,22-23,25H,14H2,1H3,(H,31,34)(H,32,37)/t22-,23-,25+/m0/s1. The molecule has 2 aliphatic heterocycles. The van der Waals surface area contributed by atoms with Crippen molar-refractivity contribution in [2.24, 2.45) is 5.92 Å². The van der Waals surface area contributed by atoms with E-state index in [-0.39, 0.29) is 29.2 Å². The molecule has 1 aromatic heterocycles. The molecule has 0 unspecified atom stereocenters. The molecule has 6 rings (SSSR count). The summed E-state index contributed by atoms with van der Waals surface area (Å²) in [5, 5.41) is 2.64. The van der Waals surface area contributed by atoms with Crippen molar-refractivity contribution in [1.29, 1.82) is 0 Å². The van der Waals surface area contributed by atoms with E-state index in [9.17, 15) is 19.2 Å². The molecule has 0 spiro atoms. The number of hydrogen-bond donors (Lipinski definition) is 2. The number of nitrogens with one attached hydrogen (secondary N) is 2. The second kappa shape index (κ2) is 11.2. The number of fused-ring (bicyclic) bond motifs is 2. The van der Waals surface area contributed by atoms with Gasteiger partial charge in [-0.15, -0.1) is 0 Å². The molecule has 12 heteroatoms. The lowest BCUT2D eigenvalue weighted by Crippen LogP contribution is -2.32. The van der Waals surface area contributed by atoms with Gasteiger partial charge in [-0.1, -0.05) is 63.3 Å². The average Bonchev–Trinajstić information content (AvgIpc) is 3.47. The van der Waals surface area contributed by atoms with Gasteiger partial charge in [0.2, 0.25) is 11.8 Å². The zero-order chi connectivity index (χ0) is 28.7. The Labute approximate surface area is 251 Å². The quantitative estimate of drug-likeness (QED) is 0.269. The van der Waals surface area contributed by atoms with Gasteiger partial charge in [0.05, 0.1) is 23.7 Å². The minimum Gasteiger partial charge on any atom is -0.493 e. The topological polar surface area (TPSA) is 118 Å². The number of halogens is 1. The van der Waals surface area contributed by atoms with Crippen LogP contribution in [0.3, 0.4) is 0 Å². The summed E-state index contributed by atoms with van der Waals surface area (Å²) in [4.78, 5) is 56.8. The molecule has 2 N–H and O–H groups in total. The number of ether oxygens (including phenoxy) is 2. The van der Waals surface area contributed by atoms with Crippen molar-refractivity contribution in [2.45, 2.75) is 16.2 Å². The molecule has 0 saturated carbocycles. The van der Waals surface area contributed by atoms with Crippen LogP contribution in [0.4, 0.5) is 11.4 Å². The Balaban J connectivity index is 1.31. The smallest absolute Gasteiger partial charge is 0.305 e. The van der Waals surface area contributed by atoms with Crippen molar-refractivity contribution in [3.05, 3.63) is 97.4 Å². The number of aromatic amines is 1. The van der Waals surface area contributed by atoms with Gasteiger partial charge in [-0.3, -0.25) is 19.2 Å². The Morgan fingerprint density at radius 2 is 1.76 bits per heavy atom. The van der Waals surface area contributed by atoms with Crippen molar-refractivity contribution in [2.75, 3.05) is 23.9 Å². The molecule has 3 atom stereocenters. The monoisotopic (exact) mass is 651 g/mol. The second-order valence-electron chi connectivity index (χ2n) is 9.35. The molecular formula is C29H22BrN3O6S2. The summed E-state index contributed by atoms with van der Waals surface area (Å²) in [5.41, 5.74) is 1.83. The summed E-state index contributed by atoms with van der Waals surface area (Å²) in [5.74, 6) is -1.59. The number of benzene rings is 3. The van der Waals surface area contributed by atoms with Crippen LogP contribution in [0.2, 0.25) is 0 Å². The number of nitrogens with zero attached hydrogens (tertiary/aromatic N) is 1. The lowest BCUT2D eigenvalue weighted by molar-refractivity contribution is -0.122. The average molecular weight is 653 g/mol. The van der Waals surface area contributed by atoms with E-state index < -0.39 is 17.1 Å². The van der Waals surface area contributed by atoms with Gasteiger partial charge in [-0.05, 0) is 54.1 Å². The molecule has 41 heavy (non-hydrogen) atoms. The summed E-state index contributed by atoms with van der Waals surface area (Å²) >= 11 is 5.64. The number of thioether (sulfide) groups is 1. The number of para-hydroxylation sites is 1. The first-order valence-corrected chi connectivity index (χ1v) is 15.0. The van der Waals surface area contributed by atoms with Gasteiger partial charge in [0.25, 0.3) is 5.91 Å². The number of anilines is 2. The van der Waals surface area contributed by atoms with Gasteiger partial charge in [-0.25, -0.2) is 4.90 Å². The Kier molecular flexibility index (Phi) is 7.45. The fourth-order valence-corrected chi connectivity index (χ4v) is 7.86. The van der Waals surface area contributed by atoms with Crippen LogP contribution in [-0.2, 0) is 14.4 Å². The van der Waals surface area contributed by atoms with E-state index in [0.717, 1.165) is 15.8 Å². The largest absolute Gasteiger partial charge is 0.493 e. The predicted octanol–water partition coefficient (Wildman–Crippen LogP) is 5.02. The number of amides is 3. The van der Waals surface area contributed by atoms with Crippen molar-refractivity contribution in [3.63, 3.8) is 0 Å². The third kappa shape index (κ3) is 5.18. The molecule has 0 radical (unpaired) electrons. The molecule has 3 aromatic carbocycles. The van der Waals surface area contributed by atoms with Gasteiger partial charge in [0.15, 0.2) is 18.1 Å². The number of thiazole rings is 1. The molecule has 1 saturated heterocycles. The molecule has 0 aliphatic carbocycles. The van der Waals surface area contributed by atoms with E-state index in [2.05, 4.69) is 26.2 Å². The van der Waals surface area contributed by atoms with Gasteiger partial charge in [0, 0.05) is 21.0 Å². The molecule has 3 heterocycles. The minimum atomic E-state index is -0.733. The maximum atomic E-state index is 13.9. The number of methoxy groups -OCH3 is 1. The van der Waals surface area contributed by atoms with E-state index >= 15 is 0 Å². The van der Waals surface area contributed by atoms with Crippen LogP contribution >= 0.6 is 39.0 Å². The lowest BCUT2D eigenvalue weighted by atomic mass is 9.83. The summed E-state index contributed by atoms with van der Waals surface area (Å²) in [6, 6.07) is 21.2. The van der Waals surface area contributed by atoms with E-state index in [1.807, 2.05) is 18.2 Å². The first kappa shape index (κ1) is 27.3. The zero-order valence-corrected chi connectivity index (χ0v) is 24.7. The Bertz CT molecular complexity index is 1710. The van der Waals surface area contributed by atoms with E-state index in [1.165, 1.54) is 23.8 Å². The Morgan fingerprint density at radius 3 is 2.49 bits per heavy atom. The number of aromatic nitrogens is 1. The predicted molar refractivity (Wildman–Crippen MR) is 160 cm³/mol. The van der Waals surface area contributed by atoms with Gasteiger partial charge < -0.3 is 19.8 Å². The van der Waals surface area contributed by atoms with E-state index in [1.54, 1.807) is 54.6 Å². The molecule has 2 aliphatic rings. The molecule has 1 fully saturated rings. The van der Waals surface area contributed by atoms with Crippen molar-refractivity contribution in [1.82, 2.24) is 4.98 Å². The fourth-order valence-electron chi connectivity index (χ4n) is 5.08. The number of hydrogen-bond acceptors (Lipinski definition) is 8. The molecule has 4 aromatic rings. The lowest BCUT2D eigenvalue weighted by Gasteiger charge is -2.30. The summed E-state index contributed by atoms with van der Waals surface area (Å²) in [6.07, 6.45) is 0. The first-order valence-electron chi connectivity index (χ1n) is 12.5. The number of carbonyl (C=O) groups excluding carboxylic acids is 3. The highest BCUT2D eigenvalue weighted by molar-refractivity contribution is 9.10. The maximum absolute atomic E-state index is 13.9. The van der Waals surface area contributed by atoms with Gasteiger partial charge in [0.1, 0.15) is 5.25 Å². The molecule has 9 nitrogen and oxygen atoms in total. The summed E-state index contributed by atoms with van der Waals surface area (Å²) in [6.45, 7) is -0.242. The number of carbonyl (C=O) groups is 3. The summed E-state index contributed by atoms with van der Waals surface area (Å²) in [7, 11) is 1.48. The van der Waals surface area contributed by atoms with Crippen LogP contribution in [-0.4, -0.2) is 41.7 Å². The Hall–Kier alpha value is -3.87. The molecule has 208 valence electrons. The third-order valence-electron chi connectivity index (χ3n) is 6.87. The van der Waals surface area contributed by atoms with Gasteiger partial charge in [-0.2, -0.15) is 0 Å². The van der Waals surface area contributed by atoms with Crippen LogP contribution < -0.4 is 24.6 Å². The van der Waals surface area contributed by atoms with Crippen molar-refractivity contribution >= 4 is 68.1 Å².